The SMILES string of the molecule is Cc1ccc(Oc2ccc(NCCCN3C(=O)c4ccccc4C3=O)cc2F)c(OCc2ccccc2)c1. The molecule has 0 saturated heterocycles. The third-order valence-electron chi connectivity index (χ3n) is 6.25. The molecule has 7 heteroatoms. The molecule has 4 aromatic carbocycles. The minimum absolute atomic E-state index is 0.0787. The zero-order valence-corrected chi connectivity index (χ0v) is 20.9. The monoisotopic (exact) mass is 510 g/mol. The fraction of sp³-hybridized carbons (Fsp3) is 0.161. The Morgan fingerprint density at radius 3 is 2.18 bits per heavy atom. The van der Waals surface area contributed by atoms with Crippen LogP contribution in [-0.4, -0.2) is 29.8 Å². The smallest absolute Gasteiger partial charge is 0.261 e. The van der Waals surface area contributed by atoms with Crippen LogP contribution in [-0.2, 0) is 6.61 Å². The number of benzene rings is 4. The second-order valence-corrected chi connectivity index (χ2v) is 9.06. The Hall–Kier alpha value is -4.65. The summed E-state index contributed by atoms with van der Waals surface area (Å²) in [4.78, 5) is 26.2. The molecule has 38 heavy (non-hydrogen) atoms. The van der Waals surface area contributed by atoms with Crippen LogP contribution in [0.4, 0.5) is 10.1 Å². The van der Waals surface area contributed by atoms with E-state index in [4.69, 9.17) is 9.47 Å². The molecule has 0 atom stereocenters. The standard InChI is InChI=1S/C31H27FN2O4/c1-21-12-14-28(29(18-21)37-20-22-8-3-2-4-9-22)38-27-15-13-23(19-26(27)32)33-16-7-17-34-30(35)24-10-5-6-11-25(24)31(34)36/h2-6,8-15,18-19,33H,7,16-17,20H2,1H3. The fourth-order valence-corrected chi connectivity index (χ4v) is 4.27. The first-order valence-corrected chi connectivity index (χ1v) is 12.4. The summed E-state index contributed by atoms with van der Waals surface area (Å²) in [6.07, 6.45) is 0.525. The van der Waals surface area contributed by atoms with E-state index in [-0.39, 0.29) is 24.1 Å². The van der Waals surface area contributed by atoms with Crippen molar-refractivity contribution in [3.8, 4) is 17.2 Å². The molecule has 0 unspecified atom stereocenters. The van der Waals surface area contributed by atoms with Gasteiger partial charge in [0.1, 0.15) is 6.61 Å². The zero-order valence-electron chi connectivity index (χ0n) is 20.9. The number of carbonyl (C=O) groups excluding carboxylic acids is 2. The van der Waals surface area contributed by atoms with Crippen LogP contribution in [0.3, 0.4) is 0 Å². The van der Waals surface area contributed by atoms with E-state index in [1.807, 2.05) is 49.4 Å². The van der Waals surface area contributed by atoms with E-state index in [9.17, 15) is 14.0 Å². The number of nitrogens with one attached hydrogen (secondary N) is 1. The summed E-state index contributed by atoms with van der Waals surface area (Å²) < 4.78 is 26.8. The predicted molar refractivity (Wildman–Crippen MR) is 143 cm³/mol. The number of hydrogen-bond donors (Lipinski definition) is 1. The average molecular weight is 511 g/mol. The molecule has 0 saturated carbocycles. The maximum Gasteiger partial charge on any atom is 0.261 e. The molecule has 1 heterocycles. The molecule has 0 aromatic heterocycles. The molecule has 4 aromatic rings. The molecule has 0 aliphatic carbocycles. The topological polar surface area (TPSA) is 67.9 Å². The van der Waals surface area contributed by atoms with Crippen molar-refractivity contribution in [2.24, 2.45) is 0 Å². The van der Waals surface area contributed by atoms with E-state index in [1.165, 1.54) is 11.0 Å². The lowest BCUT2D eigenvalue weighted by Crippen LogP contribution is -2.31. The number of ether oxygens (including phenoxy) is 2. The van der Waals surface area contributed by atoms with Gasteiger partial charge >= 0.3 is 0 Å². The van der Waals surface area contributed by atoms with Crippen molar-refractivity contribution in [3.05, 3.63) is 119 Å². The van der Waals surface area contributed by atoms with Gasteiger partial charge in [0.25, 0.3) is 11.8 Å². The van der Waals surface area contributed by atoms with Gasteiger partial charge in [0.05, 0.1) is 11.1 Å². The number of amides is 2. The Bertz CT molecular complexity index is 1440. The molecule has 5 rings (SSSR count). The van der Waals surface area contributed by atoms with Gasteiger partial charge in [-0.1, -0.05) is 48.5 Å². The molecule has 0 fully saturated rings. The molecule has 1 aliphatic rings. The van der Waals surface area contributed by atoms with E-state index >= 15 is 0 Å². The fourth-order valence-electron chi connectivity index (χ4n) is 4.27. The molecule has 0 bridgehead atoms. The molecule has 1 N–H and O–H groups in total. The Kier molecular flexibility index (Phi) is 7.35. The summed E-state index contributed by atoms with van der Waals surface area (Å²) in [5, 5.41) is 3.14. The van der Waals surface area contributed by atoms with Gasteiger partial charge in [0.2, 0.25) is 0 Å². The summed E-state index contributed by atoms with van der Waals surface area (Å²) in [7, 11) is 0. The van der Waals surface area contributed by atoms with E-state index in [0.29, 0.717) is 47.9 Å². The average Bonchev–Trinajstić information content (AvgIpc) is 3.18. The van der Waals surface area contributed by atoms with Crippen LogP contribution in [0.5, 0.6) is 17.2 Å². The van der Waals surface area contributed by atoms with Gasteiger partial charge in [-0.05, 0) is 60.9 Å². The highest BCUT2D eigenvalue weighted by molar-refractivity contribution is 6.21. The van der Waals surface area contributed by atoms with Crippen molar-refractivity contribution in [1.29, 1.82) is 0 Å². The Morgan fingerprint density at radius 1 is 0.789 bits per heavy atom. The molecule has 0 radical (unpaired) electrons. The highest BCUT2D eigenvalue weighted by Gasteiger charge is 2.34. The van der Waals surface area contributed by atoms with E-state index in [1.54, 1.807) is 42.5 Å². The first kappa shape index (κ1) is 25.0. The van der Waals surface area contributed by atoms with E-state index in [0.717, 1.165) is 11.1 Å². The van der Waals surface area contributed by atoms with Crippen molar-refractivity contribution >= 4 is 17.5 Å². The Morgan fingerprint density at radius 2 is 1.47 bits per heavy atom. The van der Waals surface area contributed by atoms with Crippen LogP contribution in [0.2, 0.25) is 0 Å². The molecular formula is C31H27FN2O4. The molecule has 0 spiro atoms. The number of carbonyl (C=O) groups is 2. The van der Waals surface area contributed by atoms with Crippen LogP contribution in [0, 0.1) is 12.7 Å². The largest absolute Gasteiger partial charge is 0.485 e. The van der Waals surface area contributed by atoms with Crippen molar-refractivity contribution in [3.63, 3.8) is 0 Å². The van der Waals surface area contributed by atoms with Gasteiger partial charge < -0.3 is 14.8 Å². The summed E-state index contributed by atoms with van der Waals surface area (Å²) in [6, 6.07) is 26.7. The highest BCUT2D eigenvalue weighted by atomic mass is 19.1. The maximum absolute atomic E-state index is 14.9. The first-order valence-electron chi connectivity index (χ1n) is 12.4. The van der Waals surface area contributed by atoms with Crippen LogP contribution in [0.1, 0.15) is 38.3 Å². The summed E-state index contributed by atoms with van der Waals surface area (Å²) in [6.45, 7) is 3.06. The third-order valence-corrected chi connectivity index (χ3v) is 6.25. The minimum Gasteiger partial charge on any atom is -0.485 e. The number of fused-ring (bicyclic) bond motifs is 1. The lowest BCUT2D eigenvalue weighted by atomic mass is 10.1. The van der Waals surface area contributed by atoms with Gasteiger partial charge in [0.15, 0.2) is 23.1 Å². The summed E-state index contributed by atoms with van der Waals surface area (Å²) in [5.41, 5.74) is 3.46. The van der Waals surface area contributed by atoms with Crippen LogP contribution in [0.15, 0.2) is 91.0 Å². The van der Waals surface area contributed by atoms with Crippen LogP contribution in [0.25, 0.3) is 0 Å². The second kappa shape index (κ2) is 11.2. The number of anilines is 1. The zero-order chi connectivity index (χ0) is 26.5. The van der Waals surface area contributed by atoms with Crippen molar-refractivity contribution < 1.29 is 23.5 Å². The summed E-state index contributed by atoms with van der Waals surface area (Å²) >= 11 is 0. The number of imide groups is 1. The second-order valence-electron chi connectivity index (χ2n) is 9.06. The first-order chi connectivity index (χ1) is 18.5. The van der Waals surface area contributed by atoms with Gasteiger partial charge in [-0.25, -0.2) is 4.39 Å². The van der Waals surface area contributed by atoms with Crippen molar-refractivity contribution in [2.45, 2.75) is 20.0 Å². The molecule has 1 aliphatic heterocycles. The van der Waals surface area contributed by atoms with E-state index in [2.05, 4.69) is 5.32 Å². The predicted octanol–water partition coefficient (Wildman–Crippen LogP) is 6.60. The van der Waals surface area contributed by atoms with Gasteiger partial charge in [0, 0.05) is 24.8 Å². The van der Waals surface area contributed by atoms with Gasteiger partial charge in [-0.3, -0.25) is 14.5 Å². The van der Waals surface area contributed by atoms with Crippen molar-refractivity contribution in [1.82, 2.24) is 4.90 Å². The van der Waals surface area contributed by atoms with Gasteiger partial charge in [-0.15, -0.1) is 0 Å². The lowest BCUT2D eigenvalue weighted by molar-refractivity contribution is 0.0654. The number of nitrogens with zero attached hydrogens (tertiary/aromatic N) is 1. The van der Waals surface area contributed by atoms with Crippen molar-refractivity contribution in [2.75, 3.05) is 18.4 Å². The number of aryl methyl sites for hydroxylation is 1. The summed E-state index contributed by atoms with van der Waals surface area (Å²) in [5.74, 6) is -0.0432. The van der Waals surface area contributed by atoms with Crippen LogP contribution >= 0.6 is 0 Å². The molecule has 6 nitrogen and oxygen atoms in total. The highest BCUT2D eigenvalue weighted by Crippen LogP contribution is 2.35. The Labute approximate surface area is 220 Å². The number of hydrogen-bond acceptors (Lipinski definition) is 5. The van der Waals surface area contributed by atoms with Crippen LogP contribution < -0.4 is 14.8 Å². The maximum atomic E-state index is 14.9. The Balaban J connectivity index is 1.17. The number of halogens is 1. The number of rotatable bonds is 10. The molecular weight excluding hydrogens is 483 g/mol. The normalized spacial score (nSPS) is 12.4. The van der Waals surface area contributed by atoms with Gasteiger partial charge in [-0.2, -0.15) is 0 Å². The molecule has 2 amide bonds. The van der Waals surface area contributed by atoms with E-state index < -0.39 is 5.82 Å². The lowest BCUT2D eigenvalue weighted by Gasteiger charge is -2.15. The third kappa shape index (κ3) is 5.52. The quantitative estimate of drug-likeness (QED) is 0.192. The minimum atomic E-state index is -0.523. The molecule has 192 valence electrons.